The Morgan fingerprint density at radius 1 is 1.38 bits per heavy atom. The number of aliphatic carboxylic acids is 1. The molecular formula is C14H18ClNO5. The molecule has 1 N–H and O–H groups in total. The van der Waals surface area contributed by atoms with E-state index in [-0.39, 0.29) is 23.9 Å². The summed E-state index contributed by atoms with van der Waals surface area (Å²) in [6.45, 7) is 2.34. The van der Waals surface area contributed by atoms with Crippen molar-refractivity contribution in [2.24, 2.45) is 0 Å². The van der Waals surface area contributed by atoms with Gasteiger partial charge in [-0.3, -0.25) is 9.59 Å². The molecule has 0 aromatic heterocycles. The first-order chi connectivity index (χ1) is 9.90. The normalized spacial score (nSPS) is 10.1. The maximum Gasteiger partial charge on any atom is 0.305 e. The Morgan fingerprint density at radius 2 is 2.05 bits per heavy atom. The summed E-state index contributed by atoms with van der Waals surface area (Å²) in [6, 6.07) is 3.01. The average Bonchev–Trinajstić information content (AvgIpc) is 2.45. The number of halogens is 1. The molecule has 6 nitrogen and oxygen atoms in total. The molecule has 0 atom stereocenters. The number of ether oxygens (including phenoxy) is 2. The van der Waals surface area contributed by atoms with E-state index in [4.69, 9.17) is 26.2 Å². The topological polar surface area (TPSA) is 76.1 Å². The van der Waals surface area contributed by atoms with Crippen LogP contribution in [0.3, 0.4) is 0 Å². The highest BCUT2D eigenvalue weighted by Crippen LogP contribution is 2.36. The molecule has 1 aromatic rings. The highest BCUT2D eigenvalue weighted by atomic mass is 35.5. The molecule has 0 saturated heterocycles. The minimum absolute atomic E-state index is 0.112. The van der Waals surface area contributed by atoms with Crippen LogP contribution in [0.25, 0.3) is 0 Å². The van der Waals surface area contributed by atoms with Crippen molar-refractivity contribution >= 4 is 23.5 Å². The molecule has 7 heteroatoms. The quantitative estimate of drug-likeness (QED) is 0.835. The highest BCUT2D eigenvalue weighted by Gasteiger charge is 2.18. The summed E-state index contributed by atoms with van der Waals surface area (Å²) in [5.74, 6) is -0.554. The van der Waals surface area contributed by atoms with Crippen LogP contribution in [0.15, 0.2) is 12.1 Å². The minimum Gasteiger partial charge on any atom is -0.493 e. The Balaban J connectivity index is 3.00. The van der Waals surface area contributed by atoms with Crippen molar-refractivity contribution in [2.75, 3.05) is 27.3 Å². The first-order valence-corrected chi connectivity index (χ1v) is 6.76. The molecule has 1 amide bonds. The summed E-state index contributed by atoms with van der Waals surface area (Å²) in [6.07, 6.45) is -0.121. The highest BCUT2D eigenvalue weighted by molar-refractivity contribution is 6.32. The molecule has 0 aliphatic carbocycles. The second-order valence-corrected chi connectivity index (χ2v) is 4.70. The second kappa shape index (κ2) is 7.73. The smallest absolute Gasteiger partial charge is 0.305 e. The fourth-order valence-electron chi connectivity index (χ4n) is 1.71. The molecule has 1 rings (SSSR count). The monoisotopic (exact) mass is 315 g/mol. The zero-order chi connectivity index (χ0) is 16.0. The van der Waals surface area contributed by atoms with Crippen molar-refractivity contribution in [1.29, 1.82) is 0 Å². The van der Waals surface area contributed by atoms with Gasteiger partial charge in [0.2, 0.25) is 0 Å². The van der Waals surface area contributed by atoms with E-state index in [0.29, 0.717) is 23.7 Å². The Bertz CT molecular complexity index is 532. The molecule has 0 heterocycles. The van der Waals surface area contributed by atoms with Gasteiger partial charge in [0.05, 0.1) is 25.2 Å². The van der Waals surface area contributed by atoms with Gasteiger partial charge >= 0.3 is 5.97 Å². The van der Waals surface area contributed by atoms with E-state index in [2.05, 4.69) is 0 Å². The number of carboxylic acid groups (broad SMARTS) is 1. The van der Waals surface area contributed by atoms with Crippen LogP contribution in [-0.4, -0.2) is 49.2 Å². The number of methoxy groups -OCH3 is 1. The Hall–Kier alpha value is -1.95. The summed E-state index contributed by atoms with van der Waals surface area (Å²) in [5, 5.41) is 8.91. The number of benzene rings is 1. The Labute approximate surface area is 128 Å². The van der Waals surface area contributed by atoms with E-state index in [1.54, 1.807) is 0 Å². The van der Waals surface area contributed by atoms with Gasteiger partial charge in [-0.1, -0.05) is 11.6 Å². The number of carboxylic acids is 1. The van der Waals surface area contributed by atoms with Crippen LogP contribution >= 0.6 is 11.6 Å². The number of amides is 1. The van der Waals surface area contributed by atoms with Gasteiger partial charge in [-0.2, -0.15) is 0 Å². The first kappa shape index (κ1) is 17.1. The summed E-state index contributed by atoms with van der Waals surface area (Å²) >= 11 is 6.10. The number of hydrogen-bond donors (Lipinski definition) is 1. The van der Waals surface area contributed by atoms with E-state index in [1.807, 2.05) is 6.92 Å². The number of hydrogen-bond acceptors (Lipinski definition) is 4. The van der Waals surface area contributed by atoms with Gasteiger partial charge in [0.15, 0.2) is 11.5 Å². The van der Waals surface area contributed by atoms with Crippen molar-refractivity contribution in [3.63, 3.8) is 0 Å². The fraction of sp³-hybridized carbons (Fsp3) is 0.429. The van der Waals surface area contributed by atoms with Crippen molar-refractivity contribution < 1.29 is 24.2 Å². The summed E-state index contributed by atoms with van der Waals surface area (Å²) < 4.78 is 10.5. The van der Waals surface area contributed by atoms with Gasteiger partial charge in [-0.15, -0.1) is 0 Å². The molecule has 0 bridgehead atoms. The first-order valence-electron chi connectivity index (χ1n) is 6.38. The van der Waals surface area contributed by atoms with Crippen molar-refractivity contribution in [2.45, 2.75) is 13.3 Å². The lowest BCUT2D eigenvalue weighted by Gasteiger charge is -2.18. The molecule has 0 saturated carbocycles. The lowest BCUT2D eigenvalue weighted by Crippen LogP contribution is -2.29. The number of rotatable bonds is 7. The molecule has 116 valence electrons. The van der Waals surface area contributed by atoms with Crippen LogP contribution in [0.4, 0.5) is 0 Å². The molecule has 0 aliphatic rings. The molecule has 0 unspecified atom stereocenters. The average molecular weight is 316 g/mol. The van der Waals surface area contributed by atoms with Crippen molar-refractivity contribution in [3.8, 4) is 11.5 Å². The lowest BCUT2D eigenvalue weighted by atomic mass is 10.1. The molecule has 0 radical (unpaired) electrons. The van der Waals surface area contributed by atoms with Gasteiger partial charge in [0, 0.05) is 19.2 Å². The van der Waals surface area contributed by atoms with Crippen molar-refractivity contribution in [1.82, 2.24) is 4.90 Å². The Morgan fingerprint density at radius 3 is 2.57 bits per heavy atom. The maximum atomic E-state index is 12.2. The van der Waals surface area contributed by atoms with Crippen LogP contribution in [0.2, 0.25) is 5.02 Å². The summed E-state index contributed by atoms with van der Waals surface area (Å²) in [7, 11) is 2.98. The van der Waals surface area contributed by atoms with E-state index in [1.165, 1.54) is 31.2 Å². The van der Waals surface area contributed by atoms with E-state index in [0.717, 1.165) is 0 Å². The van der Waals surface area contributed by atoms with Crippen LogP contribution in [0, 0.1) is 0 Å². The van der Waals surface area contributed by atoms with E-state index in [9.17, 15) is 9.59 Å². The molecule has 0 spiro atoms. The van der Waals surface area contributed by atoms with Gasteiger partial charge in [-0.05, 0) is 19.1 Å². The second-order valence-electron chi connectivity index (χ2n) is 4.29. The van der Waals surface area contributed by atoms with E-state index >= 15 is 0 Å². The van der Waals surface area contributed by atoms with Crippen LogP contribution in [-0.2, 0) is 4.79 Å². The standard InChI is InChI=1S/C14H18ClNO5/c1-4-21-13-10(15)7-9(8-11(13)20-3)14(19)16(2)6-5-12(17)18/h7-8H,4-6H2,1-3H3,(H,17,18). The third-order valence-electron chi connectivity index (χ3n) is 2.77. The number of nitrogens with zero attached hydrogens (tertiary/aromatic N) is 1. The maximum absolute atomic E-state index is 12.2. The number of carbonyl (C=O) groups is 2. The largest absolute Gasteiger partial charge is 0.493 e. The summed E-state index contributed by atoms with van der Waals surface area (Å²) in [5.41, 5.74) is 0.313. The number of carbonyl (C=O) groups excluding carboxylic acids is 1. The van der Waals surface area contributed by atoms with Crippen LogP contribution in [0.5, 0.6) is 11.5 Å². The lowest BCUT2D eigenvalue weighted by molar-refractivity contribution is -0.137. The fourth-order valence-corrected chi connectivity index (χ4v) is 1.98. The Kier molecular flexibility index (Phi) is 6.30. The molecule has 21 heavy (non-hydrogen) atoms. The third kappa shape index (κ3) is 4.53. The zero-order valence-corrected chi connectivity index (χ0v) is 12.9. The molecule has 1 aromatic carbocycles. The molecular weight excluding hydrogens is 298 g/mol. The van der Waals surface area contributed by atoms with Gasteiger partial charge in [0.1, 0.15) is 0 Å². The van der Waals surface area contributed by atoms with Crippen molar-refractivity contribution in [3.05, 3.63) is 22.7 Å². The van der Waals surface area contributed by atoms with E-state index < -0.39 is 5.97 Å². The molecule has 0 aliphatic heterocycles. The minimum atomic E-state index is -0.961. The predicted octanol–water partition coefficient (Wildman–Crippen LogP) is 2.29. The van der Waals surface area contributed by atoms with Crippen LogP contribution in [0.1, 0.15) is 23.7 Å². The third-order valence-corrected chi connectivity index (χ3v) is 3.05. The zero-order valence-electron chi connectivity index (χ0n) is 12.2. The predicted molar refractivity (Wildman–Crippen MR) is 78.4 cm³/mol. The molecule has 0 fully saturated rings. The van der Waals surface area contributed by atoms with Crippen LogP contribution < -0.4 is 9.47 Å². The van der Waals surface area contributed by atoms with Gasteiger partial charge < -0.3 is 19.5 Å². The van der Waals surface area contributed by atoms with Gasteiger partial charge in [0.25, 0.3) is 5.91 Å². The summed E-state index contributed by atoms with van der Waals surface area (Å²) in [4.78, 5) is 24.1. The van der Waals surface area contributed by atoms with Gasteiger partial charge in [-0.25, -0.2) is 0 Å². The SMILES string of the molecule is CCOc1c(Cl)cc(C(=O)N(C)CCC(=O)O)cc1OC.